The summed E-state index contributed by atoms with van der Waals surface area (Å²) in [7, 11) is 4.50. The van der Waals surface area contributed by atoms with Crippen LogP contribution in [-0.4, -0.2) is 69.2 Å². The number of allylic oxidation sites excluding steroid dienone is 4. The lowest BCUT2D eigenvalue weighted by molar-refractivity contribution is -0.909. The molecule has 0 amide bonds. The van der Waals surface area contributed by atoms with E-state index in [1.54, 1.807) is 0 Å². The number of hydrogen-bond donors (Lipinski definition) is 1. The third kappa shape index (κ3) is 36.2. The van der Waals surface area contributed by atoms with Crippen molar-refractivity contribution < 1.29 is 33.2 Å². The molecule has 0 heterocycles. The number of rotatable bonds is 38. The van der Waals surface area contributed by atoms with Gasteiger partial charge >= 0.3 is 19.6 Å². The van der Waals surface area contributed by atoms with E-state index in [1.807, 2.05) is 14.1 Å². The van der Waals surface area contributed by atoms with Crippen LogP contribution in [0.1, 0.15) is 194 Å². The molecule has 0 fully saturated rings. The Morgan fingerprint density at radius 1 is 0.580 bits per heavy atom. The van der Waals surface area contributed by atoms with Gasteiger partial charge in [0.05, 0.1) is 14.1 Å². The van der Waals surface area contributed by atoms with E-state index in [-0.39, 0.29) is 25.3 Å². The maximum atomic E-state index is 12.7. The summed E-state index contributed by atoms with van der Waals surface area (Å²) in [5, 5.41) is 8.96. The summed E-state index contributed by atoms with van der Waals surface area (Å²) in [5.41, 5.74) is 0. The molecule has 0 aliphatic carbocycles. The Morgan fingerprint density at radius 3 is 1.38 bits per heavy atom. The average Bonchev–Trinajstić information content (AvgIpc) is 3.09. The quantitative estimate of drug-likeness (QED) is 0.0172. The molecule has 1 N–H and O–H groups in total. The predicted octanol–water partition coefficient (Wildman–Crippen LogP) is 11.1. The standard InChI is InChI=1S/C42H80BNO6/c1-5-7-9-11-13-15-17-19-21-23-25-27-29-31-33-35-41(45)48-38-40(37-44(3,4)39-49-43-47)50-42(46)36-34-32-30-28-26-24-22-20-18-16-14-12-10-8-6-2/h19-22,40,47H,5-18,23-39H2,1-4H3/q+1/b21-19-,22-20-. The van der Waals surface area contributed by atoms with E-state index >= 15 is 0 Å². The Labute approximate surface area is 310 Å². The van der Waals surface area contributed by atoms with Crippen LogP contribution >= 0.6 is 0 Å². The van der Waals surface area contributed by atoms with E-state index in [2.05, 4.69) is 38.2 Å². The van der Waals surface area contributed by atoms with Crippen molar-refractivity contribution >= 4 is 19.6 Å². The van der Waals surface area contributed by atoms with Crippen molar-refractivity contribution in [1.29, 1.82) is 0 Å². The van der Waals surface area contributed by atoms with Gasteiger partial charge in [-0.2, -0.15) is 0 Å². The molecule has 0 aromatic carbocycles. The molecule has 8 heteroatoms. The van der Waals surface area contributed by atoms with Gasteiger partial charge in [0.1, 0.15) is 13.2 Å². The number of likely N-dealkylation sites (N-methyl/N-ethyl adjacent to an activating group) is 1. The Hall–Kier alpha value is -1.64. The average molecular weight is 706 g/mol. The van der Waals surface area contributed by atoms with E-state index in [0.717, 1.165) is 51.4 Å². The van der Waals surface area contributed by atoms with Crippen molar-refractivity contribution in [2.75, 3.05) is 34.0 Å². The van der Waals surface area contributed by atoms with Gasteiger partial charge in [-0.3, -0.25) is 9.59 Å². The first kappa shape index (κ1) is 48.4. The SMILES string of the molecule is CCCCCCCC/C=C\CCCCCCCC(=O)OCC(C[N+](C)(C)CO[B]O)OC(=O)CCCCCCC/C=C\CCCCCCCC. The van der Waals surface area contributed by atoms with Crippen LogP contribution in [0, 0.1) is 0 Å². The number of unbranched alkanes of at least 4 members (excludes halogenated alkanes) is 22. The number of hydrogen-bond acceptors (Lipinski definition) is 6. The number of carbonyl (C=O) groups is 2. The maximum absolute atomic E-state index is 12.7. The highest BCUT2D eigenvalue weighted by Crippen LogP contribution is 2.14. The largest absolute Gasteiger partial charge is 0.489 e. The first-order valence-corrected chi connectivity index (χ1v) is 20.9. The maximum Gasteiger partial charge on any atom is 0.489 e. The van der Waals surface area contributed by atoms with Gasteiger partial charge in [0, 0.05) is 12.8 Å². The molecule has 0 aromatic heterocycles. The molecular weight excluding hydrogens is 625 g/mol. The lowest BCUT2D eigenvalue weighted by atomic mass is 10.1. The van der Waals surface area contributed by atoms with Crippen LogP contribution in [0.5, 0.6) is 0 Å². The highest BCUT2D eigenvalue weighted by atomic mass is 16.6. The van der Waals surface area contributed by atoms with Crippen molar-refractivity contribution in [3.05, 3.63) is 24.3 Å². The van der Waals surface area contributed by atoms with Gasteiger partial charge in [0.25, 0.3) is 0 Å². The summed E-state index contributed by atoms with van der Waals surface area (Å²) in [6, 6.07) is 0. The molecule has 0 bridgehead atoms. The second kappa shape index (κ2) is 37.1. The van der Waals surface area contributed by atoms with Crippen LogP contribution in [0.15, 0.2) is 24.3 Å². The number of quaternary nitrogens is 1. The van der Waals surface area contributed by atoms with Crippen molar-refractivity contribution in [2.24, 2.45) is 0 Å². The fourth-order valence-electron chi connectivity index (χ4n) is 6.15. The number of esters is 2. The van der Waals surface area contributed by atoms with Gasteiger partial charge in [-0.15, -0.1) is 0 Å². The molecule has 1 unspecified atom stereocenters. The van der Waals surface area contributed by atoms with Gasteiger partial charge in [-0.05, 0) is 64.2 Å². The molecule has 0 aromatic rings. The molecule has 0 aliphatic rings. The molecule has 0 rings (SSSR count). The number of ether oxygens (including phenoxy) is 2. The lowest BCUT2D eigenvalue weighted by Crippen LogP contribution is -2.49. The zero-order valence-corrected chi connectivity index (χ0v) is 33.3. The second-order valence-corrected chi connectivity index (χ2v) is 15.0. The molecule has 1 atom stereocenters. The van der Waals surface area contributed by atoms with Gasteiger partial charge in [-0.1, -0.05) is 141 Å². The molecule has 7 nitrogen and oxygen atoms in total. The molecule has 291 valence electrons. The third-order valence-electron chi connectivity index (χ3n) is 9.21. The molecule has 50 heavy (non-hydrogen) atoms. The fourth-order valence-corrected chi connectivity index (χ4v) is 6.15. The van der Waals surface area contributed by atoms with Crippen molar-refractivity contribution in [3.8, 4) is 0 Å². The smallest absolute Gasteiger partial charge is 0.461 e. The van der Waals surface area contributed by atoms with Crippen LogP contribution in [0.3, 0.4) is 0 Å². The molecular formula is C42H80BNO6+. The van der Waals surface area contributed by atoms with E-state index in [0.29, 0.717) is 31.6 Å². The zero-order valence-electron chi connectivity index (χ0n) is 33.3. The highest BCUT2D eigenvalue weighted by Gasteiger charge is 2.27. The third-order valence-corrected chi connectivity index (χ3v) is 9.21. The first-order chi connectivity index (χ1) is 24.3. The molecule has 0 spiro atoms. The lowest BCUT2D eigenvalue weighted by Gasteiger charge is -2.32. The summed E-state index contributed by atoms with van der Waals surface area (Å²) in [6.45, 7) is 5.17. The molecule has 0 saturated heterocycles. The minimum absolute atomic E-state index is 0.0343. The molecule has 0 saturated carbocycles. The van der Waals surface area contributed by atoms with Crippen LogP contribution in [0.4, 0.5) is 0 Å². The first-order valence-electron chi connectivity index (χ1n) is 20.9. The highest BCUT2D eigenvalue weighted by molar-refractivity contribution is 6.15. The second-order valence-electron chi connectivity index (χ2n) is 15.0. The van der Waals surface area contributed by atoms with Crippen LogP contribution in [0.2, 0.25) is 0 Å². The normalized spacial score (nSPS) is 12.6. The number of carbonyl (C=O) groups excluding carboxylic acids is 2. The van der Waals surface area contributed by atoms with Crippen molar-refractivity contribution in [3.63, 3.8) is 0 Å². The zero-order chi connectivity index (χ0) is 36.8. The predicted molar refractivity (Wildman–Crippen MR) is 211 cm³/mol. The van der Waals surface area contributed by atoms with Crippen molar-refractivity contribution in [1.82, 2.24) is 0 Å². The van der Waals surface area contributed by atoms with E-state index in [9.17, 15) is 9.59 Å². The van der Waals surface area contributed by atoms with E-state index < -0.39 is 6.10 Å². The van der Waals surface area contributed by atoms with Crippen LogP contribution in [-0.2, 0) is 23.7 Å². The van der Waals surface area contributed by atoms with E-state index in [1.165, 1.54) is 116 Å². The van der Waals surface area contributed by atoms with Gasteiger partial charge in [-0.25, -0.2) is 0 Å². The van der Waals surface area contributed by atoms with Crippen LogP contribution < -0.4 is 0 Å². The van der Waals surface area contributed by atoms with Gasteiger partial charge < -0.3 is 23.6 Å². The topological polar surface area (TPSA) is 82.1 Å². The molecule has 1 radical (unpaired) electrons. The summed E-state index contributed by atoms with van der Waals surface area (Å²) < 4.78 is 16.8. The Kier molecular flexibility index (Phi) is 35.9. The summed E-state index contributed by atoms with van der Waals surface area (Å²) in [5.74, 6) is -0.498. The van der Waals surface area contributed by atoms with Gasteiger partial charge in [0.2, 0.25) is 0 Å². The molecule has 0 aliphatic heterocycles. The van der Waals surface area contributed by atoms with Gasteiger partial charge in [0.15, 0.2) is 12.8 Å². The summed E-state index contributed by atoms with van der Waals surface area (Å²) in [4.78, 5) is 25.2. The van der Waals surface area contributed by atoms with Crippen molar-refractivity contribution in [2.45, 2.75) is 200 Å². The summed E-state index contributed by atoms with van der Waals surface area (Å²) in [6.07, 6.45) is 41.1. The minimum Gasteiger partial charge on any atom is -0.461 e. The Bertz CT molecular complexity index is 818. The Balaban J connectivity index is 4.15. The van der Waals surface area contributed by atoms with Crippen LogP contribution in [0.25, 0.3) is 0 Å². The minimum atomic E-state index is -0.569. The monoisotopic (exact) mass is 706 g/mol. The number of nitrogens with zero attached hydrogens (tertiary/aromatic N) is 1. The Morgan fingerprint density at radius 2 is 0.960 bits per heavy atom. The fraction of sp³-hybridized carbons (Fsp3) is 0.857. The van der Waals surface area contributed by atoms with E-state index in [4.69, 9.17) is 19.2 Å². The summed E-state index contributed by atoms with van der Waals surface area (Å²) >= 11 is 0.